The third kappa shape index (κ3) is 3.37. The topological polar surface area (TPSA) is 82.6 Å². The first-order valence-electron chi connectivity index (χ1n) is 7.71. The molecule has 2 aromatic rings. The highest BCUT2D eigenvalue weighted by Gasteiger charge is 2.26. The van der Waals surface area contributed by atoms with Crippen molar-refractivity contribution in [3.63, 3.8) is 0 Å². The van der Waals surface area contributed by atoms with E-state index in [-0.39, 0.29) is 12.3 Å². The first kappa shape index (κ1) is 15.6. The van der Waals surface area contributed by atoms with Crippen LogP contribution in [-0.2, 0) is 20.7 Å². The van der Waals surface area contributed by atoms with Crippen LogP contribution in [0.4, 0.5) is 0 Å². The third-order valence-corrected chi connectivity index (χ3v) is 4.23. The van der Waals surface area contributed by atoms with Crippen LogP contribution in [0.1, 0.15) is 17.5 Å². The van der Waals surface area contributed by atoms with Crippen LogP contribution in [0.25, 0.3) is 10.9 Å². The minimum Gasteiger partial charge on any atom is -0.481 e. The molecule has 0 bridgehead atoms. The number of morpholine rings is 1. The average Bonchev–Trinajstić information content (AvgIpc) is 2.91. The van der Waals surface area contributed by atoms with Gasteiger partial charge in [-0.3, -0.25) is 9.59 Å². The van der Waals surface area contributed by atoms with E-state index in [1.165, 1.54) is 0 Å². The zero-order valence-electron chi connectivity index (χ0n) is 13.0. The molecular formula is C17H20N2O4. The van der Waals surface area contributed by atoms with Crippen molar-refractivity contribution >= 4 is 22.8 Å². The average molecular weight is 316 g/mol. The molecule has 23 heavy (non-hydrogen) atoms. The lowest BCUT2D eigenvalue weighted by Gasteiger charge is -2.32. The number of carbonyl (C=O) groups excluding carboxylic acids is 1. The van der Waals surface area contributed by atoms with Gasteiger partial charge in [-0.15, -0.1) is 0 Å². The van der Waals surface area contributed by atoms with Gasteiger partial charge in [0.1, 0.15) is 0 Å². The number of amides is 1. The van der Waals surface area contributed by atoms with E-state index in [0.29, 0.717) is 26.1 Å². The summed E-state index contributed by atoms with van der Waals surface area (Å²) in [7, 11) is 0. The molecule has 6 nitrogen and oxygen atoms in total. The molecule has 1 aromatic carbocycles. The number of aromatic amines is 1. The van der Waals surface area contributed by atoms with E-state index in [9.17, 15) is 9.59 Å². The van der Waals surface area contributed by atoms with Crippen molar-refractivity contribution in [2.75, 3.05) is 19.7 Å². The van der Waals surface area contributed by atoms with Crippen molar-refractivity contribution in [3.8, 4) is 0 Å². The summed E-state index contributed by atoms with van der Waals surface area (Å²) in [6.45, 7) is 3.27. The molecule has 2 heterocycles. The Morgan fingerprint density at radius 1 is 1.43 bits per heavy atom. The van der Waals surface area contributed by atoms with Crippen LogP contribution in [0.15, 0.2) is 24.4 Å². The lowest BCUT2D eigenvalue weighted by Crippen LogP contribution is -2.46. The lowest BCUT2D eigenvalue weighted by atomic mass is 10.0. The highest BCUT2D eigenvalue weighted by atomic mass is 16.5. The van der Waals surface area contributed by atoms with Crippen LogP contribution in [0.2, 0.25) is 0 Å². The maximum atomic E-state index is 12.6. The molecule has 1 atom stereocenters. The van der Waals surface area contributed by atoms with Crippen LogP contribution >= 0.6 is 0 Å². The first-order valence-corrected chi connectivity index (χ1v) is 7.71. The Kier molecular flexibility index (Phi) is 4.34. The van der Waals surface area contributed by atoms with Gasteiger partial charge in [-0.1, -0.05) is 12.1 Å². The van der Waals surface area contributed by atoms with Crippen molar-refractivity contribution in [1.29, 1.82) is 0 Å². The molecule has 122 valence electrons. The van der Waals surface area contributed by atoms with Gasteiger partial charge in [-0.05, 0) is 24.1 Å². The molecule has 6 heteroatoms. The minimum atomic E-state index is -0.906. The number of carboxylic acid groups (broad SMARTS) is 1. The van der Waals surface area contributed by atoms with Crippen molar-refractivity contribution in [3.05, 3.63) is 35.5 Å². The van der Waals surface area contributed by atoms with Gasteiger partial charge >= 0.3 is 5.97 Å². The van der Waals surface area contributed by atoms with Crippen LogP contribution in [-0.4, -0.2) is 52.7 Å². The fraction of sp³-hybridized carbons (Fsp3) is 0.412. The van der Waals surface area contributed by atoms with E-state index >= 15 is 0 Å². The maximum Gasteiger partial charge on any atom is 0.306 e. The summed E-state index contributed by atoms with van der Waals surface area (Å²) >= 11 is 0. The molecule has 0 unspecified atom stereocenters. The minimum absolute atomic E-state index is 0.00726. The van der Waals surface area contributed by atoms with E-state index in [4.69, 9.17) is 9.84 Å². The van der Waals surface area contributed by atoms with Gasteiger partial charge in [0.2, 0.25) is 5.91 Å². The van der Waals surface area contributed by atoms with Crippen molar-refractivity contribution in [2.24, 2.45) is 0 Å². The number of aromatic nitrogens is 1. The number of fused-ring (bicyclic) bond motifs is 1. The molecule has 1 fully saturated rings. The number of aliphatic carboxylic acids is 1. The predicted molar refractivity (Wildman–Crippen MR) is 85.3 cm³/mol. The van der Waals surface area contributed by atoms with Gasteiger partial charge in [-0.2, -0.15) is 0 Å². The van der Waals surface area contributed by atoms with E-state index in [2.05, 4.69) is 4.98 Å². The van der Waals surface area contributed by atoms with E-state index < -0.39 is 12.1 Å². The molecule has 2 N–H and O–H groups in total. The number of ether oxygens (including phenoxy) is 1. The zero-order chi connectivity index (χ0) is 16.4. The molecule has 3 rings (SSSR count). The Morgan fingerprint density at radius 3 is 3.04 bits per heavy atom. The van der Waals surface area contributed by atoms with E-state index in [1.807, 2.05) is 31.3 Å². The molecular weight excluding hydrogens is 296 g/mol. The molecule has 0 spiro atoms. The summed E-state index contributed by atoms with van der Waals surface area (Å²) in [5, 5.41) is 9.95. The number of nitrogens with zero attached hydrogens (tertiary/aromatic N) is 1. The molecule has 1 amide bonds. The Morgan fingerprint density at radius 2 is 2.26 bits per heavy atom. The smallest absolute Gasteiger partial charge is 0.306 e. The number of hydrogen-bond donors (Lipinski definition) is 2. The number of nitrogens with one attached hydrogen (secondary N) is 1. The fourth-order valence-corrected chi connectivity index (χ4v) is 3.13. The van der Waals surface area contributed by atoms with Crippen molar-refractivity contribution in [2.45, 2.75) is 25.9 Å². The normalized spacial score (nSPS) is 18.3. The second kappa shape index (κ2) is 6.42. The maximum absolute atomic E-state index is 12.6. The predicted octanol–water partition coefficient (Wildman–Crippen LogP) is 1.72. The van der Waals surface area contributed by atoms with Crippen LogP contribution in [0, 0.1) is 6.92 Å². The molecule has 0 radical (unpaired) electrons. The highest BCUT2D eigenvalue weighted by Crippen LogP contribution is 2.23. The fourth-order valence-electron chi connectivity index (χ4n) is 3.13. The van der Waals surface area contributed by atoms with Crippen molar-refractivity contribution in [1.82, 2.24) is 9.88 Å². The summed E-state index contributed by atoms with van der Waals surface area (Å²) in [6, 6.07) is 6.01. The van der Waals surface area contributed by atoms with E-state index in [1.54, 1.807) is 4.90 Å². The quantitative estimate of drug-likeness (QED) is 0.900. The highest BCUT2D eigenvalue weighted by molar-refractivity contribution is 5.91. The summed E-state index contributed by atoms with van der Waals surface area (Å²) in [5.74, 6) is -0.899. The standard InChI is InChI=1S/C17H20N2O4/c1-11-3-2-4-14-17(11)12(9-18-14)7-15(20)19-5-6-23-13(10-19)8-16(21)22/h2-4,9,13,18H,5-8,10H2,1H3,(H,21,22)/t13-/m1/s1. The van der Waals surface area contributed by atoms with Gasteiger partial charge in [-0.25, -0.2) is 0 Å². The number of carbonyl (C=O) groups is 2. The Hall–Kier alpha value is -2.34. The Balaban J connectivity index is 1.72. The number of benzene rings is 1. The van der Waals surface area contributed by atoms with Gasteiger partial charge in [0.25, 0.3) is 0 Å². The van der Waals surface area contributed by atoms with Crippen LogP contribution in [0.5, 0.6) is 0 Å². The molecule has 1 aliphatic rings. The van der Waals surface area contributed by atoms with Crippen molar-refractivity contribution < 1.29 is 19.4 Å². The van der Waals surface area contributed by atoms with Gasteiger partial charge in [0.15, 0.2) is 0 Å². The second-order valence-corrected chi connectivity index (χ2v) is 5.92. The van der Waals surface area contributed by atoms with Gasteiger partial charge < -0.3 is 19.7 Å². The summed E-state index contributed by atoms with van der Waals surface area (Å²) < 4.78 is 5.41. The van der Waals surface area contributed by atoms with Crippen LogP contribution in [0.3, 0.4) is 0 Å². The Labute approximate surface area is 134 Å². The molecule has 1 saturated heterocycles. The number of carboxylic acids is 1. The largest absolute Gasteiger partial charge is 0.481 e. The summed E-state index contributed by atoms with van der Waals surface area (Å²) in [4.78, 5) is 28.3. The number of H-pyrrole nitrogens is 1. The second-order valence-electron chi connectivity index (χ2n) is 5.92. The monoisotopic (exact) mass is 316 g/mol. The Bertz CT molecular complexity index is 737. The molecule has 1 aromatic heterocycles. The summed E-state index contributed by atoms with van der Waals surface area (Å²) in [5.41, 5.74) is 3.14. The van der Waals surface area contributed by atoms with Gasteiger partial charge in [0, 0.05) is 30.2 Å². The first-order chi connectivity index (χ1) is 11.0. The SMILES string of the molecule is Cc1cccc2[nH]cc(CC(=O)N3CCO[C@H](CC(=O)O)C3)c12. The summed E-state index contributed by atoms with van der Waals surface area (Å²) in [6.07, 6.45) is 1.70. The number of aryl methyl sites for hydroxylation is 1. The number of hydrogen-bond acceptors (Lipinski definition) is 3. The van der Waals surface area contributed by atoms with E-state index in [0.717, 1.165) is 22.0 Å². The third-order valence-electron chi connectivity index (χ3n) is 4.23. The van der Waals surface area contributed by atoms with Crippen LogP contribution < -0.4 is 0 Å². The molecule has 1 aliphatic heterocycles. The van der Waals surface area contributed by atoms with Gasteiger partial charge in [0.05, 0.1) is 25.6 Å². The molecule has 0 aliphatic carbocycles. The molecule has 0 saturated carbocycles. The lowest BCUT2D eigenvalue weighted by molar-refractivity contribution is -0.147. The number of rotatable bonds is 4. The zero-order valence-corrected chi connectivity index (χ0v) is 13.0.